The number of hydrogen-bond acceptors (Lipinski definition) is 5. The van der Waals surface area contributed by atoms with Crippen LogP contribution in [0.4, 0.5) is 4.79 Å². The van der Waals surface area contributed by atoms with E-state index in [9.17, 15) is 14.4 Å². The summed E-state index contributed by atoms with van der Waals surface area (Å²) in [5.41, 5.74) is 1.52. The van der Waals surface area contributed by atoms with Gasteiger partial charge in [0.1, 0.15) is 18.4 Å². The smallest absolute Gasteiger partial charge is 0.345 e. The van der Waals surface area contributed by atoms with Crippen LogP contribution in [-0.4, -0.2) is 46.4 Å². The number of carbonyl (C=O) groups is 3. The van der Waals surface area contributed by atoms with Crippen LogP contribution in [0.3, 0.4) is 0 Å². The molecule has 2 saturated heterocycles. The summed E-state index contributed by atoms with van der Waals surface area (Å²) in [7, 11) is 0. The quantitative estimate of drug-likeness (QED) is 0.427. The number of ether oxygens (including phenoxy) is 1. The van der Waals surface area contributed by atoms with Crippen molar-refractivity contribution >= 4 is 17.8 Å². The topological polar surface area (TPSA) is 76.2 Å². The lowest BCUT2D eigenvalue weighted by molar-refractivity contribution is -0.141. The molecule has 2 bridgehead atoms. The normalized spacial score (nSPS) is 20.7. The Labute approximate surface area is 168 Å². The molecule has 2 atom stereocenters. The minimum Gasteiger partial charge on any atom is -0.425 e. The summed E-state index contributed by atoms with van der Waals surface area (Å²) >= 11 is 0. The molecule has 0 spiro atoms. The second-order valence-corrected chi connectivity index (χ2v) is 7.27. The van der Waals surface area contributed by atoms with Crippen molar-refractivity contribution < 1.29 is 24.0 Å². The third-order valence-corrected chi connectivity index (χ3v) is 5.29. The van der Waals surface area contributed by atoms with Crippen LogP contribution in [0, 0.1) is 0 Å². The Bertz CT molecular complexity index is 913. The van der Waals surface area contributed by atoms with Crippen LogP contribution >= 0.6 is 0 Å². The van der Waals surface area contributed by atoms with E-state index in [-0.39, 0.29) is 17.9 Å². The van der Waals surface area contributed by atoms with Crippen molar-refractivity contribution in [3.63, 3.8) is 0 Å². The number of carbonyl (C=O) groups excluding carboxylic acids is 3. The number of piperidine rings is 1. The number of fused-ring (bicyclic) bond motifs is 2. The highest BCUT2D eigenvalue weighted by molar-refractivity contribution is 5.94. The summed E-state index contributed by atoms with van der Waals surface area (Å²) in [5.74, 6) is -0.178. The molecule has 7 heteroatoms. The molecular weight excluding hydrogens is 372 g/mol. The number of urea groups is 1. The van der Waals surface area contributed by atoms with Crippen LogP contribution in [0.1, 0.15) is 35.7 Å². The number of benzene rings is 2. The minimum absolute atomic E-state index is 0.0561. The Kier molecular flexibility index (Phi) is 5.31. The number of amides is 2. The molecule has 0 aliphatic carbocycles. The average Bonchev–Trinajstić information content (AvgIpc) is 2.97. The average molecular weight is 394 g/mol. The van der Waals surface area contributed by atoms with Gasteiger partial charge in [0, 0.05) is 12.1 Å². The van der Waals surface area contributed by atoms with Crippen molar-refractivity contribution in [1.82, 2.24) is 9.96 Å². The monoisotopic (exact) mass is 394 g/mol. The van der Waals surface area contributed by atoms with E-state index in [1.54, 1.807) is 24.3 Å². The van der Waals surface area contributed by atoms with Crippen molar-refractivity contribution in [1.29, 1.82) is 0 Å². The highest BCUT2D eigenvalue weighted by Gasteiger charge is 2.48. The minimum atomic E-state index is -0.642. The molecule has 0 N–H and O–H groups in total. The number of nitrogens with zero attached hydrogens (tertiary/aromatic N) is 2. The second kappa shape index (κ2) is 8.05. The Balaban J connectivity index is 1.38. The third-order valence-electron chi connectivity index (χ3n) is 5.29. The van der Waals surface area contributed by atoms with E-state index in [2.05, 4.69) is 0 Å². The van der Waals surface area contributed by atoms with E-state index in [0.717, 1.165) is 5.56 Å². The first kappa shape index (κ1) is 19.1. The lowest BCUT2D eigenvalue weighted by atomic mass is 10.0. The number of esters is 1. The molecule has 29 heavy (non-hydrogen) atoms. The summed E-state index contributed by atoms with van der Waals surface area (Å²) in [6.07, 6.45) is 1.19. The molecule has 0 aromatic heterocycles. The molecule has 0 radical (unpaired) electrons. The first-order valence-electron chi connectivity index (χ1n) is 9.62. The fourth-order valence-corrected chi connectivity index (χ4v) is 3.70. The Hall–Kier alpha value is -3.19. The molecule has 2 aromatic rings. The summed E-state index contributed by atoms with van der Waals surface area (Å²) in [4.78, 5) is 44.1. The summed E-state index contributed by atoms with van der Waals surface area (Å²) < 4.78 is 5.45. The molecule has 150 valence electrons. The van der Waals surface area contributed by atoms with Gasteiger partial charge in [-0.2, -0.15) is 5.06 Å². The Morgan fingerprint density at radius 1 is 1.03 bits per heavy atom. The second-order valence-electron chi connectivity index (χ2n) is 7.27. The predicted molar refractivity (Wildman–Crippen MR) is 104 cm³/mol. The summed E-state index contributed by atoms with van der Waals surface area (Å²) in [5, 5.41) is 1.39. The van der Waals surface area contributed by atoms with Crippen LogP contribution in [0.5, 0.6) is 5.75 Å². The predicted octanol–water partition coefficient (Wildman–Crippen LogP) is 3.20. The van der Waals surface area contributed by atoms with Crippen molar-refractivity contribution in [2.24, 2.45) is 0 Å². The number of hydrogen-bond donors (Lipinski definition) is 0. The molecule has 4 rings (SSSR count). The summed E-state index contributed by atoms with van der Waals surface area (Å²) in [6.45, 7) is 2.22. The van der Waals surface area contributed by atoms with Gasteiger partial charge in [-0.15, -0.1) is 0 Å². The van der Waals surface area contributed by atoms with Gasteiger partial charge in [-0.05, 0) is 49.6 Å². The molecule has 2 aromatic carbocycles. The molecule has 7 nitrogen and oxygen atoms in total. The van der Waals surface area contributed by atoms with Gasteiger partial charge < -0.3 is 9.64 Å². The molecule has 2 aliphatic heterocycles. The zero-order valence-corrected chi connectivity index (χ0v) is 16.1. The van der Waals surface area contributed by atoms with E-state index < -0.39 is 12.0 Å². The molecule has 2 amide bonds. The van der Waals surface area contributed by atoms with Crippen molar-refractivity contribution in [3.8, 4) is 5.75 Å². The lowest BCUT2D eigenvalue weighted by Crippen LogP contribution is -2.46. The van der Waals surface area contributed by atoms with E-state index in [0.29, 0.717) is 37.3 Å². The molecular formula is C22H22N2O5. The zero-order valence-electron chi connectivity index (χ0n) is 16.1. The molecule has 2 heterocycles. The van der Waals surface area contributed by atoms with Crippen LogP contribution < -0.4 is 4.74 Å². The van der Waals surface area contributed by atoms with E-state index in [4.69, 9.17) is 9.57 Å². The van der Waals surface area contributed by atoms with Crippen molar-refractivity contribution in [2.45, 2.75) is 38.5 Å². The number of Topliss-reactive ketones (excluding diaryl/α,β-unsaturated/α-hetero) is 1. The Morgan fingerprint density at radius 2 is 1.76 bits per heavy atom. The van der Waals surface area contributed by atoms with Crippen LogP contribution in [-0.2, 0) is 16.2 Å². The molecule has 2 aliphatic rings. The Morgan fingerprint density at radius 3 is 2.45 bits per heavy atom. The van der Waals surface area contributed by atoms with Gasteiger partial charge in [0.25, 0.3) is 0 Å². The maximum Gasteiger partial charge on any atom is 0.345 e. The highest BCUT2D eigenvalue weighted by Crippen LogP contribution is 2.31. The van der Waals surface area contributed by atoms with Gasteiger partial charge in [-0.3, -0.25) is 9.63 Å². The van der Waals surface area contributed by atoms with Gasteiger partial charge >= 0.3 is 12.0 Å². The maximum absolute atomic E-state index is 12.8. The van der Waals surface area contributed by atoms with Crippen molar-refractivity contribution in [3.05, 3.63) is 65.7 Å². The number of ketones is 1. The fourth-order valence-electron chi connectivity index (χ4n) is 3.70. The van der Waals surface area contributed by atoms with Gasteiger partial charge in [-0.1, -0.05) is 30.3 Å². The third kappa shape index (κ3) is 4.00. The van der Waals surface area contributed by atoms with Gasteiger partial charge in [0.2, 0.25) is 0 Å². The SMILES string of the molecule is CC(=O)c1ccc(OC(=O)[C@@H]2CC[C@@H]3CN2C(=O)N3OCc2ccccc2)cc1. The fraction of sp³-hybridized carbons (Fsp3) is 0.318. The zero-order chi connectivity index (χ0) is 20.4. The van der Waals surface area contributed by atoms with Crippen LogP contribution in [0.15, 0.2) is 54.6 Å². The molecule has 0 unspecified atom stereocenters. The molecule has 0 saturated carbocycles. The first-order chi connectivity index (χ1) is 14.0. The molecule has 2 fully saturated rings. The number of rotatable bonds is 6. The highest BCUT2D eigenvalue weighted by atomic mass is 16.7. The van der Waals surface area contributed by atoms with Crippen LogP contribution in [0.25, 0.3) is 0 Å². The largest absolute Gasteiger partial charge is 0.425 e. The van der Waals surface area contributed by atoms with E-state index >= 15 is 0 Å². The van der Waals surface area contributed by atoms with Crippen LogP contribution in [0.2, 0.25) is 0 Å². The maximum atomic E-state index is 12.8. The van der Waals surface area contributed by atoms with Gasteiger partial charge in [-0.25, -0.2) is 9.59 Å². The van der Waals surface area contributed by atoms with E-state index in [1.807, 2.05) is 30.3 Å². The number of hydroxylamine groups is 2. The van der Waals surface area contributed by atoms with Gasteiger partial charge in [0.15, 0.2) is 5.78 Å². The standard InChI is InChI=1S/C22H22N2O5/c1-15(25)17-7-10-19(11-8-17)29-21(26)20-12-9-18-13-23(20)22(27)24(18)28-14-16-5-3-2-4-6-16/h2-8,10-11,18,20H,9,12-14H2,1H3/t18-,20+/m1/s1. The first-order valence-corrected chi connectivity index (χ1v) is 9.62. The van der Waals surface area contributed by atoms with Crippen molar-refractivity contribution in [2.75, 3.05) is 6.54 Å². The van der Waals surface area contributed by atoms with Gasteiger partial charge in [0.05, 0.1) is 6.04 Å². The summed E-state index contributed by atoms with van der Waals surface area (Å²) in [6, 6.07) is 15.0. The lowest BCUT2D eigenvalue weighted by Gasteiger charge is -2.28. The van der Waals surface area contributed by atoms with E-state index in [1.165, 1.54) is 16.9 Å².